The number of hydrogen-bond donors (Lipinski definition) is 1. The van der Waals surface area contributed by atoms with Crippen molar-refractivity contribution in [3.63, 3.8) is 0 Å². The van der Waals surface area contributed by atoms with Gasteiger partial charge >= 0.3 is 5.97 Å². The first kappa shape index (κ1) is 22.6. The lowest BCUT2D eigenvalue weighted by Gasteiger charge is -2.10. The van der Waals surface area contributed by atoms with Crippen LogP contribution in [0.3, 0.4) is 0 Å². The number of hydrogen-bond acceptors (Lipinski definition) is 6. The Labute approximate surface area is 160 Å². The van der Waals surface area contributed by atoms with E-state index in [1.54, 1.807) is 26.2 Å². The van der Waals surface area contributed by atoms with E-state index in [9.17, 15) is 9.59 Å². The molecule has 0 aromatic heterocycles. The van der Waals surface area contributed by atoms with Crippen molar-refractivity contribution in [3.8, 4) is 5.75 Å². The van der Waals surface area contributed by atoms with Gasteiger partial charge in [0, 0.05) is 12.2 Å². The number of methoxy groups -OCH3 is 1. The molecule has 0 aliphatic heterocycles. The van der Waals surface area contributed by atoms with Crippen LogP contribution in [0.4, 0.5) is 0 Å². The van der Waals surface area contributed by atoms with Crippen molar-refractivity contribution in [1.29, 1.82) is 0 Å². The predicted molar refractivity (Wildman–Crippen MR) is 102 cm³/mol. The normalized spacial score (nSPS) is 12.0. The summed E-state index contributed by atoms with van der Waals surface area (Å²) >= 11 is 0. The number of Topliss-reactive ketones (excluding diaryl/α,β-unsaturated/α-hetero) is 1. The third kappa shape index (κ3) is 8.19. The summed E-state index contributed by atoms with van der Waals surface area (Å²) in [5, 5.41) is 8.99. The fourth-order valence-corrected chi connectivity index (χ4v) is 2.36. The first-order chi connectivity index (χ1) is 13.0. The number of ether oxygens (including phenoxy) is 3. The van der Waals surface area contributed by atoms with Crippen molar-refractivity contribution >= 4 is 11.8 Å². The number of aliphatic hydroxyl groups is 1. The van der Waals surface area contributed by atoms with E-state index in [1.807, 2.05) is 24.3 Å². The number of ketones is 1. The molecule has 0 fully saturated rings. The van der Waals surface area contributed by atoms with Crippen LogP contribution in [0.15, 0.2) is 47.6 Å². The SMILES string of the molecule is CCOC(=O)C(=C\CCOCc1ccc(OC)cc1)/C(=C/CCO)C(C)=O. The minimum Gasteiger partial charge on any atom is -0.497 e. The monoisotopic (exact) mass is 376 g/mol. The molecular weight excluding hydrogens is 348 g/mol. The van der Waals surface area contributed by atoms with Crippen molar-refractivity contribution < 1.29 is 28.9 Å². The second-order valence-corrected chi connectivity index (χ2v) is 5.71. The molecule has 0 heterocycles. The van der Waals surface area contributed by atoms with Crippen LogP contribution in [0.5, 0.6) is 5.75 Å². The molecular formula is C21H28O6. The predicted octanol–water partition coefficient (Wildman–Crippen LogP) is 2.99. The summed E-state index contributed by atoms with van der Waals surface area (Å²) in [5.41, 5.74) is 1.49. The van der Waals surface area contributed by atoms with Crippen LogP contribution in [0.25, 0.3) is 0 Å². The molecule has 148 valence electrons. The molecule has 0 atom stereocenters. The average molecular weight is 376 g/mol. The summed E-state index contributed by atoms with van der Waals surface area (Å²) in [7, 11) is 1.61. The van der Waals surface area contributed by atoms with E-state index in [2.05, 4.69) is 0 Å². The third-order valence-electron chi connectivity index (χ3n) is 3.68. The van der Waals surface area contributed by atoms with Crippen LogP contribution in [0, 0.1) is 0 Å². The summed E-state index contributed by atoms with van der Waals surface area (Å²) in [4.78, 5) is 24.1. The number of benzene rings is 1. The maximum Gasteiger partial charge on any atom is 0.338 e. The first-order valence-corrected chi connectivity index (χ1v) is 8.93. The van der Waals surface area contributed by atoms with Crippen molar-refractivity contribution in [2.45, 2.75) is 33.3 Å². The molecule has 0 aliphatic carbocycles. The van der Waals surface area contributed by atoms with Gasteiger partial charge in [0.05, 0.1) is 32.5 Å². The van der Waals surface area contributed by atoms with E-state index in [-0.39, 0.29) is 30.1 Å². The van der Waals surface area contributed by atoms with Gasteiger partial charge in [-0.15, -0.1) is 0 Å². The molecule has 0 unspecified atom stereocenters. The van der Waals surface area contributed by atoms with Crippen molar-refractivity contribution in [3.05, 3.63) is 53.1 Å². The van der Waals surface area contributed by atoms with Crippen molar-refractivity contribution in [2.75, 3.05) is 26.9 Å². The smallest absolute Gasteiger partial charge is 0.338 e. The minimum absolute atomic E-state index is 0.0993. The fourth-order valence-electron chi connectivity index (χ4n) is 2.36. The highest BCUT2D eigenvalue weighted by Gasteiger charge is 2.18. The summed E-state index contributed by atoms with van der Waals surface area (Å²) in [5.74, 6) is -0.0128. The zero-order chi connectivity index (χ0) is 20.1. The molecule has 1 aromatic rings. The Balaban J connectivity index is 2.70. The van der Waals surface area contributed by atoms with Gasteiger partial charge in [-0.3, -0.25) is 4.79 Å². The molecule has 0 bridgehead atoms. The fraction of sp³-hybridized carbons (Fsp3) is 0.429. The minimum atomic E-state index is -0.549. The van der Waals surface area contributed by atoms with Gasteiger partial charge < -0.3 is 19.3 Å². The van der Waals surface area contributed by atoms with E-state index in [4.69, 9.17) is 19.3 Å². The van der Waals surface area contributed by atoms with Crippen LogP contribution in [-0.2, 0) is 25.7 Å². The number of rotatable bonds is 12. The van der Waals surface area contributed by atoms with Crippen molar-refractivity contribution in [2.24, 2.45) is 0 Å². The summed E-state index contributed by atoms with van der Waals surface area (Å²) in [6.45, 7) is 4.04. The van der Waals surface area contributed by atoms with Crippen LogP contribution >= 0.6 is 0 Å². The second kappa shape index (κ2) is 12.8. The highest BCUT2D eigenvalue weighted by atomic mass is 16.5. The van der Waals surface area contributed by atoms with E-state index in [1.165, 1.54) is 6.92 Å². The van der Waals surface area contributed by atoms with Gasteiger partial charge in [-0.2, -0.15) is 0 Å². The largest absolute Gasteiger partial charge is 0.497 e. The molecule has 6 nitrogen and oxygen atoms in total. The Morgan fingerprint density at radius 2 is 1.74 bits per heavy atom. The molecule has 1 N–H and O–H groups in total. The topological polar surface area (TPSA) is 82.1 Å². The molecule has 27 heavy (non-hydrogen) atoms. The average Bonchev–Trinajstić information content (AvgIpc) is 2.66. The molecule has 0 amide bonds. The van der Waals surface area contributed by atoms with Gasteiger partial charge in [0.15, 0.2) is 5.78 Å². The molecule has 0 spiro atoms. The Kier molecular flexibility index (Phi) is 10.7. The van der Waals surface area contributed by atoms with Crippen LogP contribution in [-0.4, -0.2) is 43.8 Å². The Morgan fingerprint density at radius 1 is 1.07 bits per heavy atom. The number of aliphatic hydroxyl groups excluding tert-OH is 1. The number of carbonyl (C=O) groups is 2. The van der Waals surface area contributed by atoms with Crippen LogP contribution in [0.1, 0.15) is 32.3 Å². The van der Waals surface area contributed by atoms with Gasteiger partial charge in [-0.25, -0.2) is 4.79 Å². The maximum absolute atomic E-state index is 12.2. The van der Waals surface area contributed by atoms with Gasteiger partial charge in [-0.05, 0) is 44.4 Å². The number of esters is 1. The van der Waals surface area contributed by atoms with E-state index in [0.717, 1.165) is 11.3 Å². The van der Waals surface area contributed by atoms with Crippen molar-refractivity contribution in [1.82, 2.24) is 0 Å². The number of carbonyl (C=O) groups excluding carboxylic acids is 2. The third-order valence-corrected chi connectivity index (χ3v) is 3.68. The molecule has 0 aliphatic rings. The molecule has 1 rings (SSSR count). The Hall–Kier alpha value is -2.44. The highest BCUT2D eigenvalue weighted by molar-refractivity contribution is 6.09. The first-order valence-electron chi connectivity index (χ1n) is 8.93. The quantitative estimate of drug-likeness (QED) is 0.261. The summed E-state index contributed by atoms with van der Waals surface area (Å²) in [6.07, 6.45) is 3.95. The standard InChI is InChI=1S/C21H28O6/c1-4-27-21(24)20(19(16(2)23)7-5-13-22)8-6-14-26-15-17-9-11-18(25-3)12-10-17/h7-12,22H,4-6,13-15H2,1-3H3/b19-7+,20-8-. The lowest BCUT2D eigenvalue weighted by Crippen LogP contribution is -2.14. The molecule has 0 radical (unpaired) electrons. The molecule has 1 aromatic carbocycles. The van der Waals surface area contributed by atoms with Crippen LogP contribution < -0.4 is 4.74 Å². The highest BCUT2D eigenvalue weighted by Crippen LogP contribution is 2.16. The Morgan fingerprint density at radius 3 is 2.30 bits per heavy atom. The molecule has 6 heteroatoms. The van der Waals surface area contributed by atoms with E-state index >= 15 is 0 Å². The zero-order valence-corrected chi connectivity index (χ0v) is 16.2. The molecule has 0 saturated carbocycles. The Bertz CT molecular complexity index is 658. The van der Waals surface area contributed by atoms with Gasteiger partial charge in [0.2, 0.25) is 0 Å². The summed E-state index contributed by atoms with van der Waals surface area (Å²) < 4.78 is 15.8. The van der Waals surface area contributed by atoms with Crippen LogP contribution in [0.2, 0.25) is 0 Å². The maximum atomic E-state index is 12.2. The van der Waals surface area contributed by atoms with E-state index in [0.29, 0.717) is 26.1 Å². The van der Waals surface area contributed by atoms with Gasteiger partial charge in [-0.1, -0.05) is 24.3 Å². The van der Waals surface area contributed by atoms with Gasteiger partial charge in [0.1, 0.15) is 5.75 Å². The molecule has 0 saturated heterocycles. The van der Waals surface area contributed by atoms with E-state index < -0.39 is 5.97 Å². The lowest BCUT2D eigenvalue weighted by atomic mass is 10.00. The zero-order valence-electron chi connectivity index (χ0n) is 16.2. The summed E-state index contributed by atoms with van der Waals surface area (Å²) in [6, 6.07) is 7.57. The second-order valence-electron chi connectivity index (χ2n) is 5.71. The lowest BCUT2D eigenvalue weighted by molar-refractivity contribution is -0.138. The van der Waals surface area contributed by atoms with Gasteiger partial charge in [0.25, 0.3) is 0 Å².